The van der Waals surface area contributed by atoms with Crippen molar-refractivity contribution in [2.75, 3.05) is 0 Å². The van der Waals surface area contributed by atoms with Gasteiger partial charge in [0.25, 0.3) is 0 Å². The van der Waals surface area contributed by atoms with Crippen molar-refractivity contribution in [2.45, 2.75) is 59.4 Å². The fourth-order valence-corrected chi connectivity index (χ4v) is 2.55. The van der Waals surface area contributed by atoms with E-state index in [-0.39, 0.29) is 17.7 Å². The Labute approximate surface area is 139 Å². The van der Waals surface area contributed by atoms with Gasteiger partial charge in [0.05, 0.1) is 5.92 Å². The average molecular weight is 319 g/mol. The fraction of sp³-hybridized carbons (Fsp3) is 0.579. The minimum atomic E-state index is -0.980. The van der Waals surface area contributed by atoms with Crippen LogP contribution in [0.5, 0.6) is 0 Å². The molecule has 0 aliphatic rings. The summed E-state index contributed by atoms with van der Waals surface area (Å²) in [6.07, 6.45) is 1.44. The third-order valence-electron chi connectivity index (χ3n) is 3.84. The maximum absolute atomic E-state index is 12.3. The number of carboxylic acids is 1. The van der Waals surface area contributed by atoms with Crippen molar-refractivity contribution in [1.82, 2.24) is 5.32 Å². The van der Waals surface area contributed by atoms with Gasteiger partial charge in [-0.2, -0.15) is 0 Å². The Hall–Kier alpha value is -1.84. The molecule has 0 aliphatic heterocycles. The Morgan fingerprint density at radius 3 is 2.00 bits per heavy atom. The zero-order valence-corrected chi connectivity index (χ0v) is 14.8. The molecule has 4 heteroatoms. The van der Waals surface area contributed by atoms with Gasteiger partial charge in [0.1, 0.15) is 6.04 Å². The van der Waals surface area contributed by atoms with Crippen LogP contribution in [0.2, 0.25) is 0 Å². The van der Waals surface area contributed by atoms with E-state index in [4.69, 9.17) is 0 Å². The minimum absolute atomic E-state index is 0.210. The van der Waals surface area contributed by atoms with Gasteiger partial charge in [0, 0.05) is 0 Å². The number of aliphatic carboxylic acids is 1. The van der Waals surface area contributed by atoms with Crippen molar-refractivity contribution in [3.63, 3.8) is 0 Å². The number of hydrogen-bond donors (Lipinski definition) is 2. The van der Waals surface area contributed by atoms with Gasteiger partial charge in [0.2, 0.25) is 5.91 Å². The highest BCUT2D eigenvalue weighted by Crippen LogP contribution is 2.18. The molecule has 0 saturated carbocycles. The highest BCUT2D eigenvalue weighted by Gasteiger charge is 2.24. The van der Waals surface area contributed by atoms with Gasteiger partial charge in [-0.15, -0.1) is 0 Å². The summed E-state index contributed by atoms with van der Waals surface area (Å²) >= 11 is 0. The average Bonchev–Trinajstić information content (AvgIpc) is 2.45. The normalized spacial score (nSPS) is 13.9. The Kier molecular flexibility index (Phi) is 7.27. The van der Waals surface area contributed by atoms with Crippen LogP contribution in [0.15, 0.2) is 24.3 Å². The zero-order valence-electron chi connectivity index (χ0n) is 14.8. The first-order valence-electron chi connectivity index (χ1n) is 8.32. The van der Waals surface area contributed by atoms with Gasteiger partial charge in [-0.05, 0) is 42.7 Å². The van der Waals surface area contributed by atoms with Crippen LogP contribution in [0.3, 0.4) is 0 Å². The molecular formula is C19H29NO3. The zero-order chi connectivity index (χ0) is 17.6. The molecule has 128 valence electrons. The molecule has 1 aromatic carbocycles. The van der Waals surface area contributed by atoms with Crippen LogP contribution in [0.25, 0.3) is 0 Å². The number of nitrogens with one attached hydrogen (secondary N) is 1. The number of rotatable bonds is 8. The van der Waals surface area contributed by atoms with E-state index in [9.17, 15) is 14.7 Å². The Bertz CT molecular complexity index is 520. The van der Waals surface area contributed by atoms with Crippen molar-refractivity contribution >= 4 is 11.9 Å². The van der Waals surface area contributed by atoms with E-state index < -0.39 is 12.0 Å². The van der Waals surface area contributed by atoms with Crippen LogP contribution in [0, 0.1) is 11.8 Å². The Balaban J connectivity index is 2.73. The third kappa shape index (κ3) is 6.43. The van der Waals surface area contributed by atoms with Crippen molar-refractivity contribution in [3.8, 4) is 0 Å². The molecule has 0 spiro atoms. The smallest absolute Gasteiger partial charge is 0.326 e. The lowest BCUT2D eigenvalue weighted by atomic mass is 9.95. The minimum Gasteiger partial charge on any atom is -0.480 e. The molecule has 0 aliphatic carbocycles. The summed E-state index contributed by atoms with van der Waals surface area (Å²) in [7, 11) is 0. The predicted molar refractivity (Wildman–Crippen MR) is 92.4 cm³/mol. The number of carboxylic acid groups (broad SMARTS) is 1. The van der Waals surface area contributed by atoms with E-state index in [1.807, 2.05) is 38.1 Å². The molecule has 2 N–H and O–H groups in total. The summed E-state index contributed by atoms with van der Waals surface area (Å²) in [5, 5.41) is 11.9. The Morgan fingerprint density at radius 2 is 1.57 bits per heavy atom. The van der Waals surface area contributed by atoms with Crippen LogP contribution >= 0.6 is 0 Å². The van der Waals surface area contributed by atoms with E-state index in [0.29, 0.717) is 12.3 Å². The largest absolute Gasteiger partial charge is 0.480 e. The summed E-state index contributed by atoms with van der Waals surface area (Å²) < 4.78 is 0. The van der Waals surface area contributed by atoms with Gasteiger partial charge in [0.15, 0.2) is 0 Å². The number of benzene rings is 1. The predicted octanol–water partition coefficient (Wildman–Crippen LogP) is 3.60. The molecule has 0 radical (unpaired) electrons. The molecule has 0 aromatic heterocycles. The van der Waals surface area contributed by atoms with Crippen molar-refractivity contribution in [1.29, 1.82) is 0 Å². The molecule has 2 atom stereocenters. The summed E-state index contributed by atoms with van der Waals surface area (Å²) in [5.41, 5.74) is 2.16. The molecule has 4 nitrogen and oxygen atoms in total. The van der Waals surface area contributed by atoms with E-state index in [0.717, 1.165) is 12.0 Å². The molecule has 1 aromatic rings. The van der Waals surface area contributed by atoms with E-state index in [1.54, 1.807) is 6.92 Å². The lowest BCUT2D eigenvalue weighted by Gasteiger charge is -2.19. The molecule has 23 heavy (non-hydrogen) atoms. The fourth-order valence-electron chi connectivity index (χ4n) is 2.55. The molecule has 0 bridgehead atoms. The van der Waals surface area contributed by atoms with Gasteiger partial charge < -0.3 is 10.4 Å². The van der Waals surface area contributed by atoms with Crippen LogP contribution in [0.4, 0.5) is 0 Å². The van der Waals surface area contributed by atoms with Gasteiger partial charge in [-0.1, -0.05) is 52.0 Å². The van der Waals surface area contributed by atoms with Crippen LogP contribution in [-0.2, 0) is 16.0 Å². The lowest BCUT2D eigenvalue weighted by Crippen LogP contribution is -2.43. The van der Waals surface area contributed by atoms with E-state index in [2.05, 4.69) is 19.2 Å². The van der Waals surface area contributed by atoms with Gasteiger partial charge in [-0.25, -0.2) is 4.79 Å². The molecule has 1 rings (SSSR count). The van der Waals surface area contributed by atoms with Crippen LogP contribution in [0.1, 0.15) is 58.1 Å². The summed E-state index contributed by atoms with van der Waals surface area (Å²) in [6.45, 7) is 10.0. The number of carbonyl (C=O) groups excluding carboxylic acids is 1. The van der Waals surface area contributed by atoms with Crippen LogP contribution < -0.4 is 5.32 Å². The number of carbonyl (C=O) groups is 2. The maximum atomic E-state index is 12.3. The summed E-state index contributed by atoms with van der Waals surface area (Å²) in [4.78, 5) is 23.6. The van der Waals surface area contributed by atoms with Crippen LogP contribution in [-0.4, -0.2) is 23.0 Å². The topological polar surface area (TPSA) is 66.4 Å². The molecule has 1 amide bonds. The van der Waals surface area contributed by atoms with E-state index in [1.165, 1.54) is 5.56 Å². The second-order valence-electron chi connectivity index (χ2n) is 7.09. The highest BCUT2D eigenvalue weighted by atomic mass is 16.4. The second kappa shape index (κ2) is 8.70. The summed E-state index contributed by atoms with van der Waals surface area (Å²) in [6, 6.07) is 7.18. The SMILES string of the molecule is CC(C)Cc1ccc(C(C)C(=O)NC(CC(C)C)C(=O)O)cc1. The van der Waals surface area contributed by atoms with E-state index >= 15 is 0 Å². The monoisotopic (exact) mass is 319 g/mol. The first-order valence-corrected chi connectivity index (χ1v) is 8.32. The summed E-state index contributed by atoms with van der Waals surface area (Å²) in [5.74, 6) is -0.783. The molecule has 2 unspecified atom stereocenters. The highest BCUT2D eigenvalue weighted by molar-refractivity contribution is 5.87. The first-order chi connectivity index (χ1) is 10.7. The first kappa shape index (κ1) is 19.2. The third-order valence-corrected chi connectivity index (χ3v) is 3.84. The standard InChI is InChI=1S/C19H29NO3/c1-12(2)10-15-6-8-16(9-7-15)14(5)18(21)20-17(19(22)23)11-13(3)4/h6-9,12-14,17H,10-11H2,1-5H3,(H,20,21)(H,22,23). The molecule has 0 saturated heterocycles. The van der Waals surface area contributed by atoms with Gasteiger partial charge in [-0.3, -0.25) is 4.79 Å². The van der Waals surface area contributed by atoms with Gasteiger partial charge >= 0.3 is 5.97 Å². The van der Waals surface area contributed by atoms with Crippen molar-refractivity contribution < 1.29 is 14.7 Å². The lowest BCUT2D eigenvalue weighted by molar-refractivity contribution is -0.142. The molecule has 0 heterocycles. The molecular weight excluding hydrogens is 290 g/mol. The number of hydrogen-bond acceptors (Lipinski definition) is 2. The number of amides is 1. The van der Waals surface area contributed by atoms with Crippen molar-refractivity contribution in [3.05, 3.63) is 35.4 Å². The maximum Gasteiger partial charge on any atom is 0.326 e. The van der Waals surface area contributed by atoms with Crippen molar-refractivity contribution in [2.24, 2.45) is 11.8 Å². The molecule has 0 fully saturated rings. The quantitative estimate of drug-likeness (QED) is 0.769. The Morgan fingerprint density at radius 1 is 1.00 bits per heavy atom. The second-order valence-corrected chi connectivity index (χ2v) is 7.09.